The molecule has 4 heteroatoms. The Morgan fingerprint density at radius 3 is 2.64 bits per heavy atom. The number of amides is 1. The van der Waals surface area contributed by atoms with Gasteiger partial charge in [0.05, 0.1) is 5.60 Å². The molecule has 0 aromatic heterocycles. The molecule has 1 spiro atoms. The maximum atomic E-state index is 12.3. The van der Waals surface area contributed by atoms with Crippen molar-refractivity contribution in [2.45, 2.75) is 63.6 Å². The zero-order valence-corrected chi connectivity index (χ0v) is 13.9. The van der Waals surface area contributed by atoms with Crippen molar-refractivity contribution < 1.29 is 9.53 Å². The fraction of sp³-hybridized carbons (Fsp3) is 0.944. The first-order chi connectivity index (χ1) is 10.6. The van der Waals surface area contributed by atoms with Gasteiger partial charge < -0.3 is 15.0 Å². The van der Waals surface area contributed by atoms with E-state index in [-0.39, 0.29) is 17.6 Å². The van der Waals surface area contributed by atoms with E-state index in [2.05, 4.69) is 17.1 Å². The number of carbonyl (C=O) groups is 1. The highest BCUT2D eigenvalue weighted by atomic mass is 16.5. The molecule has 1 unspecified atom stereocenters. The lowest BCUT2D eigenvalue weighted by molar-refractivity contribution is -0.147. The van der Waals surface area contributed by atoms with Crippen LogP contribution in [0, 0.1) is 17.8 Å². The number of hydrogen-bond donors (Lipinski definition) is 1. The van der Waals surface area contributed by atoms with Crippen LogP contribution in [0.5, 0.6) is 0 Å². The number of ether oxygens (including phenoxy) is 1. The summed E-state index contributed by atoms with van der Waals surface area (Å²) >= 11 is 0. The summed E-state index contributed by atoms with van der Waals surface area (Å²) in [6.45, 7) is 6.76. The normalized spacial score (nSPS) is 39.3. The highest BCUT2D eigenvalue weighted by molar-refractivity contribution is 5.81. The molecule has 3 atom stereocenters. The minimum atomic E-state index is -0.198. The summed E-state index contributed by atoms with van der Waals surface area (Å²) in [6, 6.07) is 0. The lowest BCUT2D eigenvalue weighted by Gasteiger charge is -2.44. The van der Waals surface area contributed by atoms with Crippen molar-refractivity contribution in [2.75, 3.05) is 26.2 Å². The first kappa shape index (κ1) is 14.9. The van der Waals surface area contributed by atoms with Crippen molar-refractivity contribution in [1.29, 1.82) is 0 Å². The molecule has 0 radical (unpaired) electrons. The zero-order chi connectivity index (χ0) is 15.2. The molecule has 2 saturated carbocycles. The van der Waals surface area contributed by atoms with Crippen molar-refractivity contribution in [3.63, 3.8) is 0 Å². The van der Waals surface area contributed by atoms with Crippen LogP contribution in [0.4, 0.5) is 0 Å². The molecular formula is C18H30N2O2. The molecule has 4 nitrogen and oxygen atoms in total. The molecule has 124 valence electrons. The summed E-state index contributed by atoms with van der Waals surface area (Å²) in [5.74, 6) is 2.38. The Kier molecular flexibility index (Phi) is 3.93. The number of hydrogen-bond acceptors (Lipinski definition) is 3. The van der Waals surface area contributed by atoms with Gasteiger partial charge in [0.15, 0.2) is 0 Å². The molecule has 2 heterocycles. The third-order valence-electron chi connectivity index (χ3n) is 6.26. The summed E-state index contributed by atoms with van der Waals surface area (Å²) in [5, 5.41) is 3.09. The topological polar surface area (TPSA) is 41.6 Å². The number of carbonyl (C=O) groups excluding carboxylic acids is 1. The molecule has 22 heavy (non-hydrogen) atoms. The van der Waals surface area contributed by atoms with Gasteiger partial charge in [0.1, 0.15) is 6.10 Å². The van der Waals surface area contributed by atoms with Crippen LogP contribution in [0.2, 0.25) is 0 Å². The predicted molar refractivity (Wildman–Crippen MR) is 85.5 cm³/mol. The van der Waals surface area contributed by atoms with E-state index >= 15 is 0 Å². The molecule has 4 rings (SSSR count). The van der Waals surface area contributed by atoms with Crippen LogP contribution >= 0.6 is 0 Å². The summed E-state index contributed by atoms with van der Waals surface area (Å²) < 4.78 is 6.35. The Hall–Kier alpha value is -0.610. The van der Waals surface area contributed by atoms with E-state index in [0.29, 0.717) is 5.92 Å². The second-order valence-electron chi connectivity index (χ2n) is 8.25. The van der Waals surface area contributed by atoms with Gasteiger partial charge in [-0.1, -0.05) is 6.92 Å². The highest BCUT2D eigenvalue weighted by Gasteiger charge is 2.49. The van der Waals surface area contributed by atoms with E-state index in [4.69, 9.17) is 4.74 Å². The van der Waals surface area contributed by atoms with Gasteiger partial charge in [-0.3, -0.25) is 4.79 Å². The van der Waals surface area contributed by atoms with Crippen molar-refractivity contribution in [2.24, 2.45) is 17.8 Å². The van der Waals surface area contributed by atoms with Crippen LogP contribution in [0.1, 0.15) is 51.9 Å². The largest absolute Gasteiger partial charge is 0.362 e. The SMILES string of the molecule is C[C@H]1CN(CC2CC2)CC[C@]12CCC(C(=O)NCC1CC1)O2. The van der Waals surface area contributed by atoms with Crippen LogP contribution in [-0.2, 0) is 9.53 Å². The highest BCUT2D eigenvalue weighted by Crippen LogP contribution is 2.43. The van der Waals surface area contributed by atoms with Crippen LogP contribution in [0.15, 0.2) is 0 Å². The maximum Gasteiger partial charge on any atom is 0.249 e. The Labute approximate surface area is 134 Å². The fourth-order valence-corrected chi connectivity index (χ4v) is 4.26. The van der Waals surface area contributed by atoms with Gasteiger partial charge in [0, 0.05) is 26.2 Å². The van der Waals surface area contributed by atoms with Gasteiger partial charge >= 0.3 is 0 Å². The number of nitrogens with one attached hydrogen (secondary N) is 1. The lowest BCUT2D eigenvalue weighted by Crippen LogP contribution is -2.52. The predicted octanol–water partition coefficient (Wildman–Crippen LogP) is 2.18. The van der Waals surface area contributed by atoms with Crippen molar-refractivity contribution in [1.82, 2.24) is 10.2 Å². The lowest BCUT2D eigenvalue weighted by atomic mass is 9.80. The summed E-state index contributed by atoms with van der Waals surface area (Å²) in [5.41, 5.74) is -0.0262. The second kappa shape index (κ2) is 5.79. The third-order valence-corrected chi connectivity index (χ3v) is 6.26. The molecule has 1 amide bonds. The van der Waals surface area contributed by atoms with Gasteiger partial charge in [0.2, 0.25) is 5.91 Å². The Bertz CT molecular complexity index is 433. The molecule has 2 aliphatic heterocycles. The molecule has 0 aromatic rings. The monoisotopic (exact) mass is 306 g/mol. The molecule has 0 aromatic carbocycles. The summed E-state index contributed by atoms with van der Waals surface area (Å²) in [7, 11) is 0. The number of piperidine rings is 1. The van der Waals surface area contributed by atoms with Gasteiger partial charge in [-0.2, -0.15) is 0 Å². The Morgan fingerprint density at radius 1 is 1.18 bits per heavy atom. The average Bonchev–Trinajstić information content (AvgIpc) is 3.42. The summed E-state index contributed by atoms with van der Waals surface area (Å²) in [6.07, 6.45) is 8.29. The number of rotatable bonds is 5. The van der Waals surface area contributed by atoms with E-state index < -0.39 is 0 Å². The minimum Gasteiger partial charge on any atom is -0.362 e. The molecule has 2 aliphatic carbocycles. The van der Waals surface area contributed by atoms with Crippen molar-refractivity contribution in [3.05, 3.63) is 0 Å². The van der Waals surface area contributed by atoms with Crippen molar-refractivity contribution in [3.8, 4) is 0 Å². The van der Waals surface area contributed by atoms with E-state index in [9.17, 15) is 4.79 Å². The zero-order valence-electron chi connectivity index (χ0n) is 13.9. The first-order valence-corrected chi connectivity index (χ1v) is 9.32. The Balaban J connectivity index is 1.29. The standard InChI is InChI=1S/C18H30N2O2/c1-13-11-20(12-15-4-5-15)9-8-18(13)7-6-16(22-18)17(21)19-10-14-2-3-14/h13-16H,2-12H2,1H3,(H,19,21)/t13-,16?,18+/m0/s1. The van der Waals surface area contributed by atoms with Gasteiger partial charge in [-0.05, 0) is 62.7 Å². The smallest absolute Gasteiger partial charge is 0.249 e. The van der Waals surface area contributed by atoms with E-state index in [1.807, 2.05) is 0 Å². The molecule has 2 saturated heterocycles. The van der Waals surface area contributed by atoms with Crippen LogP contribution < -0.4 is 5.32 Å². The minimum absolute atomic E-state index is 0.0262. The van der Waals surface area contributed by atoms with Crippen LogP contribution in [0.3, 0.4) is 0 Å². The van der Waals surface area contributed by atoms with Gasteiger partial charge in [-0.15, -0.1) is 0 Å². The number of nitrogens with zero attached hydrogens (tertiary/aromatic N) is 1. The molecule has 4 fully saturated rings. The molecular weight excluding hydrogens is 276 g/mol. The quantitative estimate of drug-likeness (QED) is 0.846. The van der Waals surface area contributed by atoms with Crippen LogP contribution in [0.25, 0.3) is 0 Å². The van der Waals surface area contributed by atoms with E-state index in [1.54, 1.807) is 0 Å². The first-order valence-electron chi connectivity index (χ1n) is 9.32. The molecule has 4 aliphatic rings. The second-order valence-corrected chi connectivity index (χ2v) is 8.25. The molecule has 1 N–H and O–H groups in total. The van der Waals surface area contributed by atoms with Crippen LogP contribution in [-0.4, -0.2) is 48.7 Å². The van der Waals surface area contributed by atoms with Crippen molar-refractivity contribution >= 4 is 5.91 Å². The third kappa shape index (κ3) is 3.18. The average molecular weight is 306 g/mol. The maximum absolute atomic E-state index is 12.3. The number of likely N-dealkylation sites (tertiary alicyclic amines) is 1. The molecule has 0 bridgehead atoms. The van der Waals surface area contributed by atoms with Gasteiger partial charge in [-0.25, -0.2) is 0 Å². The van der Waals surface area contributed by atoms with Gasteiger partial charge in [0.25, 0.3) is 0 Å². The van der Waals surface area contributed by atoms with E-state index in [0.717, 1.165) is 50.7 Å². The fourth-order valence-electron chi connectivity index (χ4n) is 4.26. The Morgan fingerprint density at radius 2 is 1.95 bits per heavy atom. The van der Waals surface area contributed by atoms with E-state index in [1.165, 1.54) is 32.2 Å². The summed E-state index contributed by atoms with van der Waals surface area (Å²) in [4.78, 5) is 14.9.